The first-order valence-corrected chi connectivity index (χ1v) is 10.3. The summed E-state index contributed by atoms with van der Waals surface area (Å²) in [5.74, 6) is 0.548. The molecule has 0 radical (unpaired) electrons. The van der Waals surface area contributed by atoms with Crippen molar-refractivity contribution in [3.63, 3.8) is 0 Å². The molecule has 0 aromatic heterocycles. The van der Waals surface area contributed by atoms with E-state index in [4.69, 9.17) is 21.1 Å². The summed E-state index contributed by atoms with van der Waals surface area (Å²) in [4.78, 5) is 0.261. The van der Waals surface area contributed by atoms with Gasteiger partial charge in [0.05, 0.1) is 23.1 Å². The second-order valence-electron chi connectivity index (χ2n) is 5.53. The standard InChI is InChI=1S/C17H17BrClNO4S/c18-14-4-5-17(16(19)11-14)24-12-13-2-1-3-15(10-13)25(21,22)20-6-8-23-9-7-20/h1-5,10-11H,6-9,12H2. The molecule has 2 aromatic carbocycles. The van der Waals surface area contributed by atoms with Gasteiger partial charge in [-0.15, -0.1) is 0 Å². The van der Waals surface area contributed by atoms with Crippen LogP contribution in [0.25, 0.3) is 0 Å². The number of rotatable bonds is 5. The molecule has 0 atom stereocenters. The molecule has 3 rings (SSSR count). The van der Waals surface area contributed by atoms with Gasteiger partial charge in [-0.05, 0) is 35.9 Å². The monoisotopic (exact) mass is 445 g/mol. The maximum Gasteiger partial charge on any atom is 0.243 e. The van der Waals surface area contributed by atoms with Crippen molar-refractivity contribution in [1.29, 1.82) is 0 Å². The number of hydrogen-bond acceptors (Lipinski definition) is 4. The predicted molar refractivity (Wildman–Crippen MR) is 99.5 cm³/mol. The second kappa shape index (κ2) is 8.05. The number of morpholine rings is 1. The van der Waals surface area contributed by atoms with Crippen LogP contribution in [0.2, 0.25) is 5.02 Å². The molecular weight excluding hydrogens is 430 g/mol. The van der Waals surface area contributed by atoms with Gasteiger partial charge in [0.2, 0.25) is 10.0 Å². The number of hydrogen-bond donors (Lipinski definition) is 0. The summed E-state index contributed by atoms with van der Waals surface area (Å²) >= 11 is 9.47. The largest absolute Gasteiger partial charge is 0.487 e. The average molecular weight is 447 g/mol. The van der Waals surface area contributed by atoms with Crippen LogP contribution < -0.4 is 4.74 Å². The first-order valence-electron chi connectivity index (χ1n) is 7.71. The van der Waals surface area contributed by atoms with Gasteiger partial charge in [-0.2, -0.15) is 4.31 Å². The van der Waals surface area contributed by atoms with Crippen molar-refractivity contribution in [1.82, 2.24) is 4.31 Å². The van der Waals surface area contributed by atoms with E-state index in [-0.39, 0.29) is 11.5 Å². The molecule has 0 amide bonds. The summed E-state index contributed by atoms with van der Waals surface area (Å²) in [6.45, 7) is 1.82. The third-order valence-electron chi connectivity index (χ3n) is 3.79. The van der Waals surface area contributed by atoms with E-state index in [0.29, 0.717) is 37.1 Å². The molecule has 1 saturated heterocycles. The third kappa shape index (κ3) is 4.54. The lowest BCUT2D eigenvalue weighted by Crippen LogP contribution is -2.40. The SMILES string of the molecule is O=S(=O)(c1cccc(COc2ccc(Br)cc2Cl)c1)N1CCOCC1. The molecule has 0 spiro atoms. The first kappa shape index (κ1) is 18.7. The normalized spacial score (nSPS) is 15.9. The highest BCUT2D eigenvalue weighted by Crippen LogP contribution is 2.28. The zero-order chi connectivity index (χ0) is 17.9. The molecule has 8 heteroatoms. The number of sulfonamides is 1. The fourth-order valence-electron chi connectivity index (χ4n) is 2.49. The average Bonchev–Trinajstić information content (AvgIpc) is 2.62. The minimum absolute atomic E-state index is 0.230. The Morgan fingerprint density at radius 1 is 1.16 bits per heavy atom. The smallest absolute Gasteiger partial charge is 0.243 e. The number of halogens is 2. The zero-order valence-electron chi connectivity index (χ0n) is 13.3. The molecule has 0 unspecified atom stereocenters. The van der Waals surface area contributed by atoms with E-state index in [1.54, 1.807) is 30.3 Å². The third-order valence-corrected chi connectivity index (χ3v) is 6.48. The highest BCUT2D eigenvalue weighted by Gasteiger charge is 2.26. The fourth-order valence-corrected chi connectivity index (χ4v) is 4.69. The van der Waals surface area contributed by atoms with E-state index in [0.717, 1.165) is 10.0 Å². The van der Waals surface area contributed by atoms with Gasteiger partial charge in [-0.25, -0.2) is 8.42 Å². The van der Waals surface area contributed by atoms with E-state index in [1.807, 2.05) is 12.1 Å². The molecule has 1 heterocycles. The van der Waals surface area contributed by atoms with E-state index in [9.17, 15) is 8.42 Å². The molecule has 1 fully saturated rings. The minimum Gasteiger partial charge on any atom is -0.487 e. The molecule has 1 aliphatic heterocycles. The topological polar surface area (TPSA) is 55.8 Å². The van der Waals surface area contributed by atoms with Gasteiger partial charge in [0.1, 0.15) is 12.4 Å². The van der Waals surface area contributed by atoms with E-state index >= 15 is 0 Å². The van der Waals surface area contributed by atoms with Gasteiger partial charge >= 0.3 is 0 Å². The second-order valence-corrected chi connectivity index (χ2v) is 8.79. The van der Waals surface area contributed by atoms with Crippen molar-refractivity contribution in [2.24, 2.45) is 0 Å². The number of benzene rings is 2. The molecule has 0 bridgehead atoms. The van der Waals surface area contributed by atoms with Crippen LogP contribution in [0.3, 0.4) is 0 Å². The lowest BCUT2D eigenvalue weighted by Gasteiger charge is -2.26. The van der Waals surface area contributed by atoms with Crippen molar-refractivity contribution in [3.05, 3.63) is 57.5 Å². The lowest BCUT2D eigenvalue weighted by atomic mass is 10.2. The summed E-state index contributed by atoms with van der Waals surface area (Å²) in [5.41, 5.74) is 0.758. The number of nitrogens with zero attached hydrogens (tertiary/aromatic N) is 1. The van der Waals surface area contributed by atoms with Crippen molar-refractivity contribution in [3.8, 4) is 5.75 Å². The molecule has 0 saturated carbocycles. The Bertz CT molecular complexity index is 853. The fraction of sp³-hybridized carbons (Fsp3) is 0.294. The zero-order valence-corrected chi connectivity index (χ0v) is 16.5. The van der Waals surface area contributed by atoms with Crippen LogP contribution in [0, 0.1) is 0 Å². The van der Waals surface area contributed by atoms with Crippen molar-refractivity contribution in [2.75, 3.05) is 26.3 Å². The van der Waals surface area contributed by atoms with Crippen LogP contribution in [0.15, 0.2) is 51.8 Å². The van der Waals surface area contributed by atoms with Gasteiger partial charge in [0.15, 0.2) is 0 Å². The Morgan fingerprint density at radius 3 is 2.64 bits per heavy atom. The molecule has 134 valence electrons. The van der Waals surface area contributed by atoms with Crippen LogP contribution in [0.1, 0.15) is 5.56 Å². The summed E-state index contributed by atoms with van der Waals surface area (Å²) in [6.07, 6.45) is 0. The van der Waals surface area contributed by atoms with Gasteiger partial charge in [0.25, 0.3) is 0 Å². The first-order chi connectivity index (χ1) is 12.0. The summed E-state index contributed by atoms with van der Waals surface area (Å²) in [5, 5.41) is 0.492. The van der Waals surface area contributed by atoms with Crippen molar-refractivity contribution < 1.29 is 17.9 Å². The van der Waals surface area contributed by atoms with Gasteiger partial charge in [-0.3, -0.25) is 0 Å². The molecular formula is C17H17BrClNO4S. The molecule has 2 aromatic rings. The van der Waals surface area contributed by atoms with Crippen LogP contribution >= 0.6 is 27.5 Å². The van der Waals surface area contributed by atoms with Crippen LogP contribution in [-0.4, -0.2) is 39.0 Å². The molecule has 0 N–H and O–H groups in total. The Labute approximate surface area is 160 Å². The van der Waals surface area contributed by atoms with Crippen molar-refractivity contribution >= 4 is 37.6 Å². The summed E-state index contributed by atoms with van der Waals surface area (Å²) in [6, 6.07) is 12.1. The van der Waals surface area contributed by atoms with Crippen LogP contribution in [-0.2, 0) is 21.4 Å². The molecule has 5 nitrogen and oxygen atoms in total. The van der Waals surface area contributed by atoms with Crippen LogP contribution in [0.5, 0.6) is 5.75 Å². The van der Waals surface area contributed by atoms with Gasteiger partial charge < -0.3 is 9.47 Å². The quantitative estimate of drug-likeness (QED) is 0.703. The van der Waals surface area contributed by atoms with Gasteiger partial charge in [-0.1, -0.05) is 39.7 Å². The Balaban J connectivity index is 1.75. The Kier molecular flexibility index (Phi) is 6.01. The Morgan fingerprint density at radius 2 is 1.92 bits per heavy atom. The maximum absolute atomic E-state index is 12.7. The summed E-state index contributed by atoms with van der Waals surface area (Å²) < 4.78 is 38.7. The van der Waals surface area contributed by atoms with E-state index in [2.05, 4.69) is 15.9 Å². The van der Waals surface area contributed by atoms with Gasteiger partial charge in [0, 0.05) is 17.6 Å². The Hall–Kier alpha value is -1.12. The highest BCUT2D eigenvalue weighted by atomic mass is 79.9. The summed E-state index contributed by atoms with van der Waals surface area (Å²) in [7, 11) is -3.52. The maximum atomic E-state index is 12.7. The molecule has 25 heavy (non-hydrogen) atoms. The number of ether oxygens (including phenoxy) is 2. The predicted octanol–water partition coefficient (Wildman–Crippen LogP) is 3.70. The molecule has 1 aliphatic rings. The van der Waals surface area contributed by atoms with Crippen LogP contribution in [0.4, 0.5) is 0 Å². The van der Waals surface area contributed by atoms with E-state index in [1.165, 1.54) is 4.31 Å². The van der Waals surface area contributed by atoms with E-state index < -0.39 is 10.0 Å². The minimum atomic E-state index is -3.52. The highest BCUT2D eigenvalue weighted by molar-refractivity contribution is 9.10. The van der Waals surface area contributed by atoms with Crippen molar-refractivity contribution in [2.45, 2.75) is 11.5 Å². The molecule has 0 aliphatic carbocycles. The lowest BCUT2D eigenvalue weighted by molar-refractivity contribution is 0.0730.